The molecule has 1 saturated heterocycles. The van der Waals surface area contributed by atoms with Crippen molar-refractivity contribution in [3.8, 4) is 17.1 Å². The summed E-state index contributed by atoms with van der Waals surface area (Å²) in [5.41, 5.74) is 2.78. The highest BCUT2D eigenvalue weighted by Crippen LogP contribution is 2.24. The second-order valence-electron chi connectivity index (χ2n) is 7.55. The average Bonchev–Trinajstić information content (AvgIpc) is 3.22. The molecule has 3 aromatic rings. The highest BCUT2D eigenvalue weighted by atomic mass is 16.5. The molecule has 0 unspecified atom stereocenters. The molecular formula is C23H25N3O3. The fraction of sp³-hybridized carbons (Fsp3) is 0.348. The van der Waals surface area contributed by atoms with E-state index in [2.05, 4.69) is 10.1 Å². The maximum absolute atomic E-state index is 12.7. The number of likely N-dealkylation sites (tertiary alicyclic amines) is 1. The molecule has 1 aliphatic rings. The summed E-state index contributed by atoms with van der Waals surface area (Å²) in [6.45, 7) is 3.53. The van der Waals surface area contributed by atoms with Crippen molar-refractivity contribution in [1.82, 2.24) is 15.0 Å². The monoisotopic (exact) mass is 391 g/mol. The number of hydrogen-bond acceptors (Lipinski definition) is 5. The fourth-order valence-electron chi connectivity index (χ4n) is 3.74. The van der Waals surface area contributed by atoms with Crippen LogP contribution in [0.3, 0.4) is 0 Å². The zero-order chi connectivity index (χ0) is 20.2. The number of methoxy groups -OCH3 is 1. The molecule has 1 fully saturated rings. The first-order valence-corrected chi connectivity index (χ1v) is 9.95. The van der Waals surface area contributed by atoms with E-state index in [1.165, 1.54) is 0 Å². The number of hydrogen-bond donors (Lipinski definition) is 0. The van der Waals surface area contributed by atoms with Crippen LogP contribution in [0.2, 0.25) is 0 Å². The zero-order valence-electron chi connectivity index (χ0n) is 16.8. The summed E-state index contributed by atoms with van der Waals surface area (Å²) in [7, 11) is 1.64. The molecule has 0 aliphatic carbocycles. The van der Waals surface area contributed by atoms with Gasteiger partial charge in [0.25, 0.3) is 5.91 Å². The first-order chi connectivity index (χ1) is 14.1. The molecule has 0 bridgehead atoms. The lowest BCUT2D eigenvalue weighted by molar-refractivity contribution is 0.0687. The van der Waals surface area contributed by atoms with E-state index >= 15 is 0 Å². The van der Waals surface area contributed by atoms with Gasteiger partial charge in [0.1, 0.15) is 5.75 Å². The normalized spacial score (nSPS) is 14.8. The highest BCUT2D eigenvalue weighted by molar-refractivity contribution is 5.94. The molecule has 0 atom stereocenters. The largest absolute Gasteiger partial charge is 0.497 e. The van der Waals surface area contributed by atoms with Gasteiger partial charge in [-0.15, -0.1) is 0 Å². The van der Waals surface area contributed by atoms with Gasteiger partial charge in [0.05, 0.1) is 7.11 Å². The smallest absolute Gasteiger partial charge is 0.253 e. The number of carbonyl (C=O) groups is 1. The number of carbonyl (C=O) groups excluding carboxylic acids is 1. The minimum absolute atomic E-state index is 0.117. The number of piperidine rings is 1. The third-order valence-electron chi connectivity index (χ3n) is 5.45. The van der Waals surface area contributed by atoms with Crippen LogP contribution < -0.4 is 4.74 Å². The van der Waals surface area contributed by atoms with E-state index in [1.54, 1.807) is 7.11 Å². The van der Waals surface area contributed by atoms with Crippen molar-refractivity contribution in [2.45, 2.75) is 26.2 Å². The first kappa shape index (κ1) is 19.2. The van der Waals surface area contributed by atoms with Crippen LogP contribution in [0.5, 0.6) is 5.75 Å². The van der Waals surface area contributed by atoms with E-state index in [0.29, 0.717) is 17.6 Å². The van der Waals surface area contributed by atoms with Crippen LogP contribution in [-0.2, 0) is 6.42 Å². The van der Waals surface area contributed by atoms with Crippen LogP contribution in [-0.4, -0.2) is 41.1 Å². The molecule has 1 aliphatic heterocycles. The van der Waals surface area contributed by atoms with Gasteiger partial charge in [0.2, 0.25) is 11.7 Å². The van der Waals surface area contributed by atoms with Gasteiger partial charge in [-0.2, -0.15) is 4.98 Å². The summed E-state index contributed by atoms with van der Waals surface area (Å²) in [4.78, 5) is 19.2. The maximum atomic E-state index is 12.7. The van der Waals surface area contributed by atoms with Gasteiger partial charge in [-0.05, 0) is 62.1 Å². The molecule has 0 N–H and O–H groups in total. The molecule has 2 aromatic carbocycles. The molecule has 0 radical (unpaired) electrons. The number of amides is 1. The molecule has 6 nitrogen and oxygen atoms in total. The number of rotatable bonds is 5. The van der Waals surface area contributed by atoms with E-state index in [1.807, 2.05) is 60.4 Å². The van der Waals surface area contributed by atoms with Gasteiger partial charge in [-0.25, -0.2) is 0 Å². The number of aryl methyl sites for hydroxylation is 1. The summed E-state index contributed by atoms with van der Waals surface area (Å²) in [6.07, 6.45) is 2.63. The second kappa shape index (κ2) is 8.47. The van der Waals surface area contributed by atoms with E-state index in [4.69, 9.17) is 9.26 Å². The van der Waals surface area contributed by atoms with E-state index in [9.17, 15) is 4.79 Å². The van der Waals surface area contributed by atoms with Crippen molar-refractivity contribution in [3.63, 3.8) is 0 Å². The van der Waals surface area contributed by atoms with Gasteiger partial charge in [-0.3, -0.25) is 4.79 Å². The quantitative estimate of drug-likeness (QED) is 0.654. The van der Waals surface area contributed by atoms with Gasteiger partial charge in [-0.1, -0.05) is 22.9 Å². The van der Waals surface area contributed by atoms with E-state index < -0.39 is 0 Å². The predicted molar refractivity (Wildman–Crippen MR) is 110 cm³/mol. The molecule has 150 valence electrons. The Morgan fingerprint density at radius 3 is 2.62 bits per heavy atom. The Morgan fingerprint density at radius 2 is 1.93 bits per heavy atom. The van der Waals surface area contributed by atoms with Crippen LogP contribution in [0.4, 0.5) is 0 Å². The van der Waals surface area contributed by atoms with Crippen LogP contribution in [0.1, 0.15) is 34.7 Å². The summed E-state index contributed by atoms with van der Waals surface area (Å²) in [5, 5.41) is 4.11. The lowest BCUT2D eigenvalue weighted by atomic mass is 9.93. The van der Waals surface area contributed by atoms with Gasteiger partial charge in [0.15, 0.2) is 0 Å². The molecule has 1 aromatic heterocycles. The van der Waals surface area contributed by atoms with Crippen LogP contribution in [0.25, 0.3) is 11.4 Å². The molecule has 4 rings (SSSR count). The van der Waals surface area contributed by atoms with Crippen molar-refractivity contribution in [1.29, 1.82) is 0 Å². The van der Waals surface area contributed by atoms with E-state index in [0.717, 1.165) is 54.8 Å². The Hall–Kier alpha value is -3.15. The van der Waals surface area contributed by atoms with E-state index in [-0.39, 0.29) is 5.91 Å². The molecule has 1 amide bonds. The predicted octanol–water partition coefficient (Wildman–Crippen LogP) is 4.15. The first-order valence-electron chi connectivity index (χ1n) is 9.95. The van der Waals surface area contributed by atoms with Crippen molar-refractivity contribution < 1.29 is 14.1 Å². The van der Waals surface area contributed by atoms with Crippen molar-refractivity contribution >= 4 is 5.91 Å². The SMILES string of the molecule is COc1ccc(-c2noc(CC3CCN(C(=O)c4cccc(C)c4)CC3)n2)cc1. The Bertz CT molecular complexity index is 973. The molecular weight excluding hydrogens is 366 g/mol. The number of nitrogens with zero attached hydrogens (tertiary/aromatic N) is 3. The standard InChI is InChI=1S/C23H25N3O3/c1-16-4-3-5-19(14-16)23(27)26-12-10-17(11-13-26)15-21-24-22(25-29-21)18-6-8-20(28-2)9-7-18/h3-9,14,17H,10-13,15H2,1-2H3. The summed E-state index contributed by atoms with van der Waals surface area (Å²) >= 11 is 0. The van der Waals surface area contributed by atoms with Gasteiger partial charge >= 0.3 is 0 Å². The summed E-state index contributed by atoms with van der Waals surface area (Å²) in [5.74, 6) is 2.60. The molecule has 29 heavy (non-hydrogen) atoms. The lowest BCUT2D eigenvalue weighted by Crippen LogP contribution is -2.38. The maximum Gasteiger partial charge on any atom is 0.253 e. The van der Waals surface area contributed by atoms with Gasteiger partial charge < -0.3 is 14.2 Å². The fourth-order valence-corrected chi connectivity index (χ4v) is 3.74. The third kappa shape index (κ3) is 4.47. The Labute approximate surface area is 170 Å². The molecule has 0 saturated carbocycles. The summed E-state index contributed by atoms with van der Waals surface area (Å²) in [6, 6.07) is 15.4. The second-order valence-corrected chi connectivity index (χ2v) is 7.55. The average molecular weight is 391 g/mol. The number of ether oxygens (including phenoxy) is 1. The topological polar surface area (TPSA) is 68.5 Å². The van der Waals surface area contributed by atoms with Gasteiger partial charge in [0, 0.05) is 30.6 Å². The number of aromatic nitrogens is 2. The number of benzene rings is 2. The van der Waals surface area contributed by atoms with Crippen LogP contribution >= 0.6 is 0 Å². The van der Waals surface area contributed by atoms with Crippen molar-refractivity contribution in [3.05, 3.63) is 65.5 Å². The minimum Gasteiger partial charge on any atom is -0.497 e. The molecule has 2 heterocycles. The molecule has 0 spiro atoms. The van der Waals surface area contributed by atoms with Crippen molar-refractivity contribution in [2.24, 2.45) is 5.92 Å². The van der Waals surface area contributed by atoms with Crippen LogP contribution in [0, 0.1) is 12.8 Å². The molecule has 6 heteroatoms. The lowest BCUT2D eigenvalue weighted by Gasteiger charge is -2.31. The summed E-state index contributed by atoms with van der Waals surface area (Å²) < 4.78 is 10.6. The Kier molecular flexibility index (Phi) is 5.60. The zero-order valence-corrected chi connectivity index (χ0v) is 16.8. The third-order valence-corrected chi connectivity index (χ3v) is 5.45. The minimum atomic E-state index is 0.117. The Morgan fingerprint density at radius 1 is 1.17 bits per heavy atom. The Balaban J connectivity index is 1.33. The highest BCUT2D eigenvalue weighted by Gasteiger charge is 2.25. The van der Waals surface area contributed by atoms with Crippen molar-refractivity contribution in [2.75, 3.05) is 20.2 Å². The van der Waals surface area contributed by atoms with Crippen LogP contribution in [0.15, 0.2) is 53.1 Å².